The third kappa shape index (κ3) is 4.02. The molecule has 16 heavy (non-hydrogen) atoms. The van der Waals surface area contributed by atoms with Gasteiger partial charge in [-0.2, -0.15) is 4.89 Å². The van der Waals surface area contributed by atoms with Crippen LogP contribution in [0, 0.1) is 11.8 Å². The van der Waals surface area contributed by atoms with Crippen LogP contribution in [0.4, 0.5) is 0 Å². The van der Waals surface area contributed by atoms with Crippen LogP contribution < -0.4 is 0 Å². The monoisotopic (exact) mass is 235 g/mol. The van der Waals surface area contributed by atoms with Gasteiger partial charge in [0.15, 0.2) is 0 Å². The van der Waals surface area contributed by atoms with Gasteiger partial charge in [0.1, 0.15) is 6.10 Å². The van der Waals surface area contributed by atoms with E-state index < -0.39 is 0 Å². The average molecular weight is 235 g/mol. The van der Waals surface area contributed by atoms with Crippen LogP contribution in [0.5, 0.6) is 0 Å². The topological polar surface area (TPSA) is 35.5 Å². The summed E-state index contributed by atoms with van der Waals surface area (Å²) in [4.78, 5) is 20.4. The van der Waals surface area contributed by atoms with E-state index >= 15 is 0 Å². The van der Waals surface area contributed by atoms with Crippen LogP contribution in [-0.2, 0) is 14.6 Å². The molecule has 4 heteroatoms. The summed E-state index contributed by atoms with van der Waals surface area (Å²) in [6, 6.07) is 0. The number of carbonyl (C=O) groups is 1. The van der Waals surface area contributed by atoms with Crippen LogP contribution in [0.3, 0.4) is 0 Å². The van der Waals surface area contributed by atoms with Gasteiger partial charge in [0.05, 0.1) is 0 Å². The van der Waals surface area contributed by atoms with E-state index in [1.165, 1.54) is 39.0 Å². The fraction of sp³-hybridized carbons (Fsp3) is 0.917. The van der Waals surface area contributed by atoms with Crippen molar-refractivity contribution in [2.24, 2.45) is 11.8 Å². The molecule has 2 aliphatic carbocycles. The first-order chi connectivity index (χ1) is 7.25. The first-order valence-electron chi connectivity index (χ1n) is 6.09. The molecule has 0 aromatic carbocycles. The summed E-state index contributed by atoms with van der Waals surface area (Å²) in [7, 11) is 0. The molecule has 2 rings (SSSR count). The van der Waals surface area contributed by atoms with Crippen molar-refractivity contribution in [2.45, 2.75) is 58.0 Å². The molecule has 0 saturated heterocycles. The Bertz CT molecular complexity index is 232. The summed E-state index contributed by atoms with van der Waals surface area (Å²) in [5, 5.41) is 0. The zero-order valence-electron chi connectivity index (χ0n) is 10.4. The van der Waals surface area contributed by atoms with Gasteiger partial charge < -0.3 is 0 Å². The van der Waals surface area contributed by atoms with Crippen molar-refractivity contribution < 1.29 is 14.6 Å². The zero-order chi connectivity index (χ0) is 10.7. The molecule has 1 radical (unpaired) electrons. The summed E-state index contributed by atoms with van der Waals surface area (Å²) < 4.78 is 0. The minimum Gasteiger partial charge on any atom is -0.298 e. The number of hydrogen-bond donors (Lipinski definition) is 0. The third-order valence-corrected chi connectivity index (χ3v) is 3.79. The fourth-order valence-electron chi connectivity index (χ4n) is 3.05. The average Bonchev–Trinajstić information content (AvgIpc) is 2.26. The van der Waals surface area contributed by atoms with E-state index in [0.717, 1.165) is 24.7 Å². The second-order valence-electron chi connectivity index (χ2n) is 4.91. The van der Waals surface area contributed by atoms with Crippen molar-refractivity contribution in [3.63, 3.8) is 0 Å². The Morgan fingerprint density at radius 1 is 1.06 bits per heavy atom. The molecular weight excluding hydrogens is 215 g/mol. The van der Waals surface area contributed by atoms with Gasteiger partial charge in [-0.05, 0) is 31.1 Å². The predicted molar refractivity (Wildman–Crippen MR) is 61.7 cm³/mol. The molecule has 0 aromatic heterocycles. The summed E-state index contributed by atoms with van der Waals surface area (Å²) in [6.07, 6.45) is 9.02. The molecule has 0 aliphatic heterocycles. The molecule has 0 spiro atoms. The Morgan fingerprint density at radius 2 is 1.75 bits per heavy atom. The van der Waals surface area contributed by atoms with Gasteiger partial charge in [-0.3, -0.25) is 4.89 Å². The molecule has 0 amide bonds. The van der Waals surface area contributed by atoms with Gasteiger partial charge in [-0.25, -0.2) is 4.79 Å². The Balaban J connectivity index is 0.00000128. The molecule has 2 aliphatic rings. The standard InChI is InChI=1S/C12H20O3.Na/c1-9(13)14-15-12-7-6-10-4-2-3-5-11(10)8-12;/h10-12H,2-8H2,1H3;. The Kier molecular flexibility index (Phi) is 6.34. The van der Waals surface area contributed by atoms with E-state index in [-0.39, 0.29) is 41.6 Å². The van der Waals surface area contributed by atoms with Crippen LogP contribution in [0.1, 0.15) is 51.9 Å². The van der Waals surface area contributed by atoms with Gasteiger partial charge in [0.2, 0.25) is 0 Å². The summed E-state index contributed by atoms with van der Waals surface area (Å²) >= 11 is 0. The van der Waals surface area contributed by atoms with E-state index in [2.05, 4.69) is 4.89 Å². The van der Waals surface area contributed by atoms with Crippen molar-refractivity contribution in [2.75, 3.05) is 0 Å². The second kappa shape index (κ2) is 7.00. The molecule has 0 N–H and O–H groups in total. The largest absolute Gasteiger partial charge is 0.339 e. The number of carbonyl (C=O) groups excluding carboxylic acids is 1. The van der Waals surface area contributed by atoms with E-state index in [0.29, 0.717) is 0 Å². The van der Waals surface area contributed by atoms with Crippen LogP contribution in [0.2, 0.25) is 0 Å². The quantitative estimate of drug-likeness (QED) is 0.419. The van der Waals surface area contributed by atoms with Crippen molar-refractivity contribution in [3.05, 3.63) is 0 Å². The summed E-state index contributed by atoms with van der Waals surface area (Å²) in [5.41, 5.74) is 0. The second-order valence-corrected chi connectivity index (χ2v) is 4.91. The molecule has 2 saturated carbocycles. The zero-order valence-corrected chi connectivity index (χ0v) is 12.4. The van der Waals surface area contributed by atoms with Crippen molar-refractivity contribution in [1.29, 1.82) is 0 Å². The molecule has 87 valence electrons. The van der Waals surface area contributed by atoms with Crippen molar-refractivity contribution in [1.82, 2.24) is 0 Å². The number of rotatable bonds is 2. The molecule has 3 nitrogen and oxygen atoms in total. The maximum Gasteiger partial charge on any atom is 0.339 e. The smallest absolute Gasteiger partial charge is 0.298 e. The van der Waals surface area contributed by atoms with E-state index in [4.69, 9.17) is 4.89 Å². The molecule has 0 aromatic rings. The first kappa shape index (κ1) is 14.5. The maximum absolute atomic E-state index is 10.6. The SMILES string of the molecule is CC(=O)OOC1CCC2CCCCC2C1.[Na]. The van der Waals surface area contributed by atoms with Crippen LogP contribution in [0.25, 0.3) is 0 Å². The number of hydrogen-bond acceptors (Lipinski definition) is 3. The normalized spacial score (nSPS) is 33.4. The predicted octanol–water partition coefficient (Wildman–Crippen LogP) is 2.46. The maximum atomic E-state index is 10.6. The van der Waals surface area contributed by atoms with Gasteiger partial charge >= 0.3 is 5.97 Å². The number of fused-ring (bicyclic) bond motifs is 1. The molecule has 2 fully saturated rings. The summed E-state index contributed by atoms with van der Waals surface area (Å²) in [5.74, 6) is 1.38. The first-order valence-corrected chi connectivity index (χ1v) is 6.09. The van der Waals surface area contributed by atoms with E-state index in [1.54, 1.807) is 0 Å². The van der Waals surface area contributed by atoms with Crippen LogP contribution in [-0.4, -0.2) is 41.6 Å². The molecule has 0 bridgehead atoms. The Hall–Kier alpha value is 0.430. The van der Waals surface area contributed by atoms with Crippen molar-refractivity contribution >= 4 is 35.5 Å². The van der Waals surface area contributed by atoms with Gasteiger partial charge in [-0.1, -0.05) is 25.7 Å². The van der Waals surface area contributed by atoms with Gasteiger partial charge in [-0.15, -0.1) is 0 Å². The van der Waals surface area contributed by atoms with Gasteiger partial charge in [0, 0.05) is 36.5 Å². The Labute approximate surface area is 119 Å². The molecular formula is C12H20NaO3. The minimum absolute atomic E-state index is 0. The van der Waals surface area contributed by atoms with Crippen molar-refractivity contribution in [3.8, 4) is 0 Å². The van der Waals surface area contributed by atoms with Crippen LogP contribution >= 0.6 is 0 Å². The summed E-state index contributed by atoms with van der Waals surface area (Å²) in [6.45, 7) is 1.38. The van der Waals surface area contributed by atoms with E-state index in [9.17, 15) is 4.79 Å². The van der Waals surface area contributed by atoms with E-state index in [1.807, 2.05) is 0 Å². The molecule has 3 atom stereocenters. The third-order valence-electron chi connectivity index (χ3n) is 3.79. The molecule has 3 unspecified atom stereocenters. The fourth-order valence-corrected chi connectivity index (χ4v) is 3.05. The Morgan fingerprint density at radius 3 is 2.44 bits per heavy atom. The minimum atomic E-state index is -0.347. The van der Waals surface area contributed by atoms with Crippen LogP contribution in [0.15, 0.2) is 0 Å². The molecule has 0 heterocycles. The van der Waals surface area contributed by atoms with Gasteiger partial charge in [0.25, 0.3) is 0 Å².